The Bertz CT molecular complexity index is 1300. The number of sulfonamides is 1. The molecule has 0 spiro atoms. The lowest BCUT2D eigenvalue weighted by molar-refractivity contribution is 0.0697. The number of aromatic nitrogens is 1. The summed E-state index contributed by atoms with van der Waals surface area (Å²) in [6.07, 6.45) is 4.35. The van der Waals surface area contributed by atoms with Crippen molar-refractivity contribution in [1.29, 1.82) is 0 Å². The summed E-state index contributed by atoms with van der Waals surface area (Å²) in [5, 5.41) is 10.8. The minimum Gasteiger partial charge on any atom is -0.487 e. The van der Waals surface area contributed by atoms with E-state index in [2.05, 4.69) is 11.6 Å². The summed E-state index contributed by atoms with van der Waals surface area (Å²) >= 11 is 1.09. The van der Waals surface area contributed by atoms with Crippen LogP contribution in [-0.4, -0.2) is 31.0 Å². The highest BCUT2D eigenvalue weighted by atomic mass is 32.2. The van der Waals surface area contributed by atoms with Gasteiger partial charge in [-0.15, -0.1) is 17.9 Å². The average molecular weight is 485 g/mol. The first-order valence-corrected chi connectivity index (χ1v) is 12.8. The molecule has 1 N–H and O–H groups in total. The molecule has 0 radical (unpaired) electrons. The molecule has 0 saturated carbocycles. The Hall–Kier alpha value is -3.17. The molecule has 9 heteroatoms. The topological polar surface area (TPSA) is 96.8 Å². The fraction of sp³-hybridized carbons (Fsp3) is 0.250. The van der Waals surface area contributed by atoms with Gasteiger partial charge in [-0.3, -0.25) is 4.31 Å². The number of carbonyl (C=O) groups is 1. The van der Waals surface area contributed by atoms with E-state index in [0.29, 0.717) is 17.1 Å². The fourth-order valence-electron chi connectivity index (χ4n) is 3.79. The molecule has 0 bridgehead atoms. The Balaban J connectivity index is 1.71. The third-order valence-electron chi connectivity index (χ3n) is 5.44. The molecule has 33 heavy (non-hydrogen) atoms. The molecule has 7 nitrogen and oxygen atoms in total. The van der Waals surface area contributed by atoms with E-state index in [4.69, 9.17) is 9.84 Å². The number of hydrogen-bond acceptors (Lipinski definition) is 6. The van der Waals surface area contributed by atoms with E-state index >= 15 is 0 Å². The van der Waals surface area contributed by atoms with Crippen LogP contribution in [0.4, 0.5) is 5.69 Å². The van der Waals surface area contributed by atoms with Gasteiger partial charge in [0, 0.05) is 11.1 Å². The monoisotopic (exact) mass is 484 g/mol. The maximum absolute atomic E-state index is 13.5. The number of fused-ring (bicyclic) bond motifs is 1. The van der Waals surface area contributed by atoms with E-state index in [1.165, 1.54) is 16.4 Å². The van der Waals surface area contributed by atoms with E-state index in [1.54, 1.807) is 30.5 Å². The van der Waals surface area contributed by atoms with Crippen molar-refractivity contribution in [3.63, 3.8) is 0 Å². The largest absolute Gasteiger partial charge is 0.487 e. The molecule has 0 fully saturated rings. The van der Waals surface area contributed by atoms with Crippen LogP contribution in [-0.2, 0) is 29.5 Å². The van der Waals surface area contributed by atoms with Gasteiger partial charge >= 0.3 is 5.97 Å². The second kappa shape index (κ2) is 9.36. The quantitative estimate of drug-likeness (QED) is 0.446. The number of benzene rings is 2. The zero-order valence-corrected chi connectivity index (χ0v) is 19.8. The maximum atomic E-state index is 13.5. The molecule has 1 heterocycles. The molecule has 1 aliphatic rings. The molecule has 0 unspecified atom stereocenters. The number of nitrogens with zero attached hydrogens (tertiary/aromatic N) is 2. The summed E-state index contributed by atoms with van der Waals surface area (Å²) in [6.45, 7) is 5.75. The lowest BCUT2D eigenvalue weighted by Crippen LogP contribution is -2.31. The SMILES string of the molecule is C=CCN(c1cc2c(cc1OCc1ccc(C(=O)O)cc1)CCC2)S(=O)(=O)c1nc(C)cs1. The van der Waals surface area contributed by atoms with E-state index in [-0.39, 0.29) is 23.1 Å². The number of rotatable bonds is 9. The molecule has 2 aromatic carbocycles. The van der Waals surface area contributed by atoms with Gasteiger partial charge in [-0.2, -0.15) is 8.42 Å². The average Bonchev–Trinajstić information content (AvgIpc) is 3.44. The van der Waals surface area contributed by atoms with Crippen LogP contribution >= 0.6 is 11.3 Å². The predicted octanol–water partition coefficient (Wildman–Crippen LogP) is 4.60. The van der Waals surface area contributed by atoms with E-state index < -0.39 is 16.0 Å². The molecular formula is C24H24N2O5S2. The third-order valence-corrected chi connectivity index (χ3v) is 8.57. The van der Waals surface area contributed by atoms with E-state index in [1.807, 2.05) is 12.1 Å². The van der Waals surface area contributed by atoms with Gasteiger partial charge in [-0.05, 0) is 67.1 Å². The Morgan fingerprint density at radius 3 is 2.55 bits per heavy atom. The number of carboxylic acid groups (broad SMARTS) is 1. The van der Waals surface area contributed by atoms with Crippen molar-refractivity contribution in [2.75, 3.05) is 10.8 Å². The second-order valence-electron chi connectivity index (χ2n) is 7.81. The smallest absolute Gasteiger partial charge is 0.335 e. The number of anilines is 1. The molecule has 0 amide bonds. The second-order valence-corrected chi connectivity index (χ2v) is 10.7. The number of aryl methyl sites for hydroxylation is 3. The highest BCUT2D eigenvalue weighted by molar-refractivity contribution is 7.94. The van der Waals surface area contributed by atoms with Gasteiger partial charge < -0.3 is 9.84 Å². The van der Waals surface area contributed by atoms with Gasteiger partial charge in [0.2, 0.25) is 4.34 Å². The summed E-state index contributed by atoms with van der Waals surface area (Å²) in [5.74, 6) is -0.539. The van der Waals surface area contributed by atoms with Gasteiger partial charge in [0.15, 0.2) is 0 Å². The Kier molecular flexibility index (Phi) is 6.53. The molecule has 1 aliphatic carbocycles. The van der Waals surface area contributed by atoms with E-state index in [0.717, 1.165) is 47.3 Å². The summed E-state index contributed by atoms with van der Waals surface area (Å²) in [4.78, 5) is 15.3. The van der Waals surface area contributed by atoms with Crippen LogP contribution in [0.15, 0.2) is 58.8 Å². The summed E-state index contributed by atoms with van der Waals surface area (Å²) in [6, 6.07) is 10.2. The molecule has 4 rings (SSSR count). The van der Waals surface area contributed by atoms with Crippen molar-refractivity contribution in [3.05, 3.63) is 82.4 Å². The highest BCUT2D eigenvalue weighted by Crippen LogP contribution is 2.39. The Morgan fingerprint density at radius 1 is 1.24 bits per heavy atom. The number of carboxylic acids is 1. The van der Waals surface area contributed by atoms with Crippen molar-refractivity contribution in [2.24, 2.45) is 0 Å². The first-order chi connectivity index (χ1) is 15.8. The van der Waals surface area contributed by atoms with Gasteiger partial charge in [0.1, 0.15) is 12.4 Å². The van der Waals surface area contributed by atoms with Crippen LogP contribution in [0.1, 0.15) is 39.2 Å². The van der Waals surface area contributed by atoms with Crippen molar-refractivity contribution < 1.29 is 23.1 Å². The lowest BCUT2D eigenvalue weighted by atomic mass is 10.1. The molecule has 0 atom stereocenters. The first-order valence-electron chi connectivity index (χ1n) is 10.5. The van der Waals surface area contributed by atoms with Gasteiger partial charge in [-0.25, -0.2) is 9.78 Å². The minimum atomic E-state index is -3.91. The molecule has 0 aliphatic heterocycles. The number of aromatic carboxylic acids is 1. The number of hydrogen-bond donors (Lipinski definition) is 1. The maximum Gasteiger partial charge on any atom is 0.335 e. The predicted molar refractivity (Wildman–Crippen MR) is 128 cm³/mol. The number of ether oxygens (including phenoxy) is 1. The molecular weight excluding hydrogens is 460 g/mol. The Morgan fingerprint density at radius 2 is 1.94 bits per heavy atom. The summed E-state index contributed by atoms with van der Waals surface area (Å²) in [7, 11) is -3.91. The standard InChI is InChI=1S/C24H24N2O5S2/c1-3-11-26(33(29,30)24-25-16(2)15-32-24)21-12-19-5-4-6-20(19)13-22(21)31-14-17-7-9-18(10-8-17)23(27)28/h3,7-10,12-13,15H,1,4-6,11,14H2,2H3,(H,27,28). The third kappa shape index (κ3) is 4.79. The van der Waals surface area contributed by atoms with Crippen LogP contribution in [0.25, 0.3) is 0 Å². The molecule has 1 aromatic heterocycles. The van der Waals surface area contributed by atoms with Crippen molar-refractivity contribution >= 4 is 33.0 Å². The zero-order valence-electron chi connectivity index (χ0n) is 18.2. The van der Waals surface area contributed by atoms with Crippen molar-refractivity contribution in [2.45, 2.75) is 37.1 Å². The normalized spacial score (nSPS) is 12.9. The zero-order chi connectivity index (χ0) is 23.6. The first kappa shape index (κ1) is 23.0. The molecule has 3 aromatic rings. The fourth-order valence-corrected chi connectivity index (χ4v) is 6.36. The number of thiazole rings is 1. The summed E-state index contributed by atoms with van der Waals surface area (Å²) in [5.41, 5.74) is 4.33. The van der Waals surface area contributed by atoms with Crippen molar-refractivity contribution in [1.82, 2.24) is 4.98 Å². The van der Waals surface area contributed by atoms with Crippen LogP contribution in [0.5, 0.6) is 5.75 Å². The van der Waals surface area contributed by atoms with Crippen LogP contribution in [0, 0.1) is 6.92 Å². The minimum absolute atomic E-state index is 0.0255. The van der Waals surface area contributed by atoms with Gasteiger partial charge in [0.05, 0.1) is 17.8 Å². The van der Waals surface area contributed by atoms with Gasteiger partial charge in [-0.1, -0.05) is 18.2 Å². The van der Waals surface area contributed by atoms with Crippen LogP contribution < -0.4 is 9.04 Å². The van der Waals surface area contributed by atoms with Crippen LogP contribution in [0.2, 0.25) is 0 Å². The van der Waals surface area contributed by atoms with E-state index in [9.17, 15) is 13.2 Å². The Labute approximate surface area is 197 Å². The van der Waals surface area contributed by atoms with Crippen LogP contribution in [0.3, 0.4) is 0 Å². The van der Waals surface area contributed by atoms with Gasteiger partial charge in [0.25, 0.3) is 10.0 Å². The molecule has 0 saturated heterocycles. The lowest BCUT2D eigenvalue weighted by Gasteiger charge is -2.25. The highest BCUT2D eigenvalue weighted by Gasteiger charge is 2.30. The van der Waals surface area contributed by atoms with Crippen molar-refractivity contribution in [3.8, 4) is 5.75 Å². The summed E-state index contributed by atoms with van der Waals surface area (Å²) < 4.78 is 34.4. The molecule has 172 valence electrons.